The lowest BCUT2D eigenvalue weighted by Gasteiger charge is -2.15. The van der Waals surface area contributed by atoms with Crippen molar-refractivity contribution in [3.8, 4) is 22.6 Å². The van der Waals surface area contributed by atoms with Crippen LogP contribution in [0.3, 0.4) is 0 Å². The van der Waals surface area contributed by atoms with Gasteiger partial charge in [0.1, 0.15) is 31.6 Å². The lowest BCUT2D eigenvalue weighted by Crippen LogP contribution is -2.02. The van der Waals surface area contributed by atoms with Crippen LogP contribution in [0.25, 0.3) is 32.7 Å². The molecule has 6 aromatic carbocycles. The van der Waals surface area contributed by atoms with Gasteiger partial charge >= 0.3 is 0 Å². The minimum Gasteiger partial charge on any atom is -0.744 e. The molecule has 0 heterocycles. The van der Waals surface area contributed by atoms with Gasteiger partial charge in [-0.15, -0.1) is 10.2 Å². The zero-order chi connectivity index (χ0) is 42.1. The average Bonchev–Trinajstić information content (AvgIpc) is 3.15. The first kappa shape index (κ1) is 42.3. The summed E-state index contributed by atoms with van der Waals surface area (Å²) in [6.45, 7) is 4.96. The molecule has 0 aliphatic rings. The van der Waals surface area contributed by atoms with Crippen molar-refractivity contribution in [3.63, 3.8) is 0 Å². The highest BCUT2D eigenvalue weighted by atomic mass is 32.2. The number of aryl methyl sites for hydroxylation is 3. The molecule has 0 fully saturated rings. The summed E-state index contributed by atoms with van der Waals surface area (Å²) in [4.78, 5) is -1.17. The number of phenols is 2. The van der Waals surface area contributed by atoms with E-state index in [1.165, 1.54) is 25.1 Å². The molecule has 58 heavy (non-hydrogen) atoms. The molecule has 0 unspecified atom stereocenters. The first-order valence-electron chi connectivity index (χ1n) is 16.0. The summed E-state index contributed by atoms with van der Waals surface area (Å²) < 4.78 is 80.4. The SMILES string of the molecule is Cc1cc(-c2ccc(N=Nc3c(S(=O)(=O)[O-])cc4cc(SOO[O-])cc(N)c4c3O)c(C)c2)ccc1N=Nc1c(SOO[O-])cc2cc(S(=O)(=O)[O-])cc(C)c2c1O. The molecule has 0 bridgehead atoms. The van der Waals surface area contributed by atoms with E-state index < -0.39 is 47.2 Å². The minimum absolute atomic E-state index is 0.0185. The van der Waals surface area contributed by atoms with Gasteiger partial charge in [-0.1, -0.05) is 12.1 Å². The van der Waals surface area contributed by atoms with E-state index in [1.807, 2.05) is 0 Å². The van der Waals surface area contributed by atoms with Crippen molar-refractivity contribution in [1.29, 1.82) is 0 Å². The minimum atomic E-state index is -5.19. The van der Waals surface area contributed by atoms with E-state index in [2.05, 4.69) is 39.2 Å². The van der Waals surface area contributed by atoms with Crippen LogP contribution in [0.1, 0.15) is 16.7 Å². The Kier molecular flexibility index (Phi) is 12.3. The summed E-state index contributed by atoms with van der Waals surface area (Å²) in [7, 11) is -10.0. The first-order valence-corrected chi connectivity index (χ1v) is 20.3. The van der Waals surface area contributed by atoms with Gasteiger partial charge in [0.25, 0.3) is 0 Å². The van der Waals surface area contributed by atoms with Crippen LogP contribution in [-0.4, -0.2) is 36.2 Å². The molecule has 6 rings (SSSR count). The molecule has 6 aromatic rings. The van der Waals surface area contributed by atoms with Crippen LogP contribution in [0.2, 0.25) is 0 Å². The Morgan fingerprint density at radius 3 is 1.72 bits per heavy atom. The summed E-state index contributed by atoms with van der Waals surface area (Å²) in [5, 5.41) is 66.7. The number of rotatable bonds is 13. The number of nitrogens with two attached hydrogens (primary N) is 1. The van der Waals surface area contributed by atoms with Crippen LogP contribution in [0, 0.1) is 20.8 Å². The lowest BCUT2D eigenvalue weighted by atomic mass is 10.0. The Hall–Kier alpha value is -5.28. The standard InChI is InChI=1S/C35H29N5O14S4/c1-16-8-19(4-6-26(16)37-39-32-28(56-54-52-44)13-22-12-24(57(45,46)47)10-18(3)30(22)34(32)41)20-5-7-27(17(2)9-20)38-40-33-29(58(48,49)50)14-21-11-23(55-53-51-43)15-25(36)31(21)35(33)42/h4-15,41-44H,36H2,1-3H3,(H,45,46,47)(H,48,49,50)/p-4. The molecule has 0 spiro atoms. The fourth-order valence-electron chi connectivity index (χ4n) is 6.00. The molecule has 19 nitrogen and oxygen atoms in total. The topological polar surface area (TPSA) is 313 Å². The van der Waals surface area contributed by atoms with E-state index in [0.29, 0.717) is 40.9 Å². The second-order valence-electron chi connectivity index (χ2n) is 12.3. The van der Waals surface area contributed by atoms with Crippen LogP contribution in [0.15, 0.2) is 113 Å². The number of nitrogen functional groups attached to an aromatic ring is 1. The predicted molar refractivity (Wildman–Crippen MR) is 202 cm³/mol. The summed E-state index contributed by atoms with van der Waals surface area (Å²) >= 11 is 0.849. The monoisotopic (exact) mass is 867 g/mol. The van der Waals surface area contributed by atoms with Gasteiger partial charge in [-0.05, 0) is 120 Å². The number of anilines is 1. The zero-order valence-corrected chi connectivity index (χ0v) is 33.0. The van der Waals surface area contributed by atoms with E-state index in [0.717, 1.165) is 29.3 Å². The Morgan fingerprint density at radius 2 is 1.17 bits per heavy atom. The molecular weight excluding hydrogens is 843 g/mol. The largest absolute Gasteiger partial charge is 0.744 e. The number of hydrogen-bond acceptors (Lipinski definition) is 21. The Labute approximate surface area is 337 Å². The van der Waals surface area contributed by atoms with Gasteiger partial charge in [0, 0.05) is 21.4 Å². The number of phenolic OH excluding ortho intramolecular Hbond substituents is 2. The Balaban J connectivity index is 1.30. The Bertz CT molecular complexity index is 2910. The molecule has 0 amide bonds. The van der Waals surface area contributed by atoms with E-state index in [-0.39, 0.29) is 54.0 Å². The maximum absolute atomic E-state index is 12.2. The van der Waals surface area contributed by atoms with Gasteiger partial charge in [0.2, 0.25) is 0 Å². The molecule has 0 aromatic heterocycles. The first-order chi connectivity index (χ1) is 27.4. The fourth-order valence-corrected chi connectivity index (χ4v) is 8.19. The second-order valence-corrected chi connectivity index (χ2v) is 16.6. The molecule has 0 saturated heterocycles. The predicted octanol–water partition coefficient (Wildman–Crippen LogP) is 6.68. The van der Waals surface area contributed by atoms with Crippen LogP contribution in [-0.2, 0) is 39.0 Å². The summed E-state index contributed by atoms with van der Waals surface area (Å²) in [6, 6.07) is 17.4. The van der Waals surface area contributed by atoms with Gasteiger partial charge in [-0.3, -0.25) is 10.1 Å². The third kappa shape index (κ3) is 8.90. The lowest BCUT2D eigenvalue weighted by molar-refractivity contribution is -0.777. The van der Waals surface area contributed by atoms with Crippen molar-refractivity contribution in [3.05, 3.63) is 89.5 Å². The zero-order valence-electron chi connectivity index (χ0n) is 29.7. The number of azo groups is 2. The van der Waals surface area contributed by atoms with Crippen LogP contribution < -0.4 is 16.2 Å². The molecule has 0 saturated carbocycles. The maximum atomic E-state index is 12.2. The average molecular weight is 868 g/mol. The summed E-state index contributed by atoms with van der Waals surface area (Å²) in [6.07, 6.45) is 0. The quantitative estimate of drug-likeness (QED) is 0.0272. The van der Waals surface area contributed by atoms with Gasteiger partial charge < -0.3 is 35.6 Å². The van der Waals surface area contributed by atoms with E-state index >= 15 is 0 Å². The number of fused-ring (bicyclic) bond motifs is 2. The molecular formula is C35H25N5O14S4-4. The molecule has 23 heteroatoms. The Morgan fingerprint density at radius 1 is 0.621 bits per heavy atom. The van der Waals surface area contributed by atoms with Crippen molar-refractivity contribution in [2.24, 2.45) is 20.5 Å². The molecule has 0 aliphatic carbocycles. The summed E-state index contributed by atoms with van der Waals surface area (Å²) in [5.41, 5.74) is 8.85. The third-order valence-corrected chi connectivity index (χ3v) is 11.4. The van der Waals surface area contributed by atoms with Crippen molar-refractivity contribution in [2.45, 2.75) is 40.4 Å². The molecule has 0 radical (unpaired) electrons. The van der Waals surface area contributed by atoms with Gasteiger partial charge in [0.05, 0.1) is 50.1 Å². The number of benzene rings is 6. The number of aromatic hydroxyl groups is 2. The molecule has 0 atom stereocenters. The number of hydrogen-bond donors (Lipinski definition) is 3. The van der Waals surface area contributed by atoms with E-state index in [9.17, 15) is 46.7 Å². The molecule has 4 N–H and O–H groups in total. The van der Waals surface area contributed by atoms with Crippen molar-refractivity contribution < 1.29 is 65.4 Å². The molecule has 302 valence electrons. The second kappa shape index (κ2) is 16.9. The van der Waals surface area contributed by atoms with Gasteiger partial charge in [-0.2, -0.15) is 18.9 Å². The third-order valence-electron chi connectivity index (χ3n) is 8.58. The fraction of sp³-hybridized carbons (Fsp3) is 0.0857. The van der Waals surface area contributed by atoms with Crippen molar-refractivity contribution in [2.75, 3.05) is 5.73 Å². The van der Waals surface area contributed by atoms with Crippen LogP contribution in [0.4, 0.5) is 28.4 Å². The smallest absolute Gasteiger partial charge is 0.154 e. The van der Waals surface area contributed by atoms with Gasteiger partial charge in [-0.25, -0.2) is 16.8 Å². The maximum Gasteiger partial charge on any atom is 0.154 e. The van der Waals surface area contributed by atoms with E-state index in [1.54, 1.807) is 50.2 Å². The highest BCUT2D eigenvalue weighted by Crippen LogP contribution is 2.47. The van der Waals surface area contributed by atoms with Crippen molar-refractivity contribution in [1.82, 2.24) is 0 Å². The van der Waals surface area contributed by atoms with E-state index in [4.69, 9.17) is 5.73 Å². The highest BCUT2D eigenvalue weighted by Gasteiger charge is 2.21. The van der Waals surface area contributed by atoms with Crippen LogP contribution >= 0.6 is 24.1 Å². The highest BCUT2D eigenvalue weighted by molar-refractivity contribution is 7.95. The van der Waals surface area contributed by atoms with Gasteiger partial charge in [0.15, 0.2) is 11.5 Å². The normalized spacial score (nSPS) is 12.5. The summed E-state index contributed by atoms with van der Waals surface area (Å²) in [5.74, 6) is -1.14. The number of nitrogens with zero attached hydrogens (tertiary/aromatic N) is 4. The van der Waals surface area contributed by atoms with Crippen molar-refractivity contribution >= 4 is 94.3 Å². The van der Waals surface area contributed by atoms with Crippen LogP contribution in [0.5, 0.6) is 11.5 Å². The molecule has 0 aliphatic heterocycles.